The highest BCUT2D eigenvalue weighted by Gasteiger charge is 2.30. The van der Waals surface area contributed by atoms with Gasteiger partial charge in [0.05, 0.1) is 35.4 Å². The number of amides is 2. The van der Waals surface area contributed by atoms with E-state index in [1.165, 1.54) is 25.3 Å². The Morgan fingerprint density at radius 1 is 1.14 bits per heavy atom. The van der Waals surface area contributed by atoms with Gasteiger partial charge in [0.2, 0.25) is 11.8 Å². The molecule has 214 valence electrons. The third kappa shape index (κ3) is 5.65. The highest BCUT2D eigenvalue weighted by atomic mass is 35.5. The SMILES string of the molecule is COC(=O)c1ccc2c(c1)-c1cccc(c1)C(N1CCC(c3c(C#N)ccc(Cl)c3F)=CC1=O)CCCC(C)C(=O)N2. The molecule has 2 aliphatic heterocycles. The van der Waals surface area contributed by atoms with Crippen LogP contribution < -0.4 is 5.32 Å². The molecule has 0 aliphatic carbocycles. The second-order valence-electron chi connectivity index (χ2n) is 10.6. The van der Waals surface area contributed by atoms with Gasteiger partial charge in [-0.3, -0.25) is 9.59 Å². The van der Waals surface area contributed by atoms with Gasteiger partial charge < -0.3 is 15.0 Å². The fourth-order valence-electron chi connectivity index (χ4n) is 5.68. The van der Waals surface area contributed by atoms with Crippen LogP contribution in [0.15, 0.2) is 60.7 Å². The van der Waals surface area contributed by atoms with Gasteiger partial charge in [-0.2, -0.15) is 5.26 Å². The predicted octanol–water partition coefficient (Wildman–Crippen LogP) is 6.92. The fourth-order valence-corrected chi connectivity index (χ4v) is 5.83. The number of fused-ring (bicyclic) bond motifs is 4. The predicted molar refractivity (Wildman–Crippen MR) is 158 cm³/mol. The minimum absolute atomic E-state index is 0.0662. The van der Waals surface area contributed by atoms with Gasteiger partial charge in [0.15, 0.2) is 5.82 Å². The molecule has 0 spiro atoms. The number of methoxy groups -OCH3 is 1. The second kappa shape index (κ2) is 12.2. The Kier molecular flexibility index (Phi) is 8.41. The second-order valence-corrected chi connectivity index (χ2v) is 11.0. The van der Waals surface area contributed by atoms with Crippen molar-refractivity contribution in [2.24, 2.45) is 5.92 Å². The number of nitriles is 1. The smallest absolute Gasteiger partial charge is 0.337 e. The molecular formula is C33H29ClFN3O4. The van der Waals surface area contributed by atoms with Crippen molar-refractivity contribution in [3.8, 4) is 17.2 Å². The summed E-state index contributed by atoms with van der Waals surface area (Å²) >= 11 is 6.01. The molecule has 2 unspecified atom stereocenters. The van der Waals surface area contributed by atoms with Crippen LogP contribution in [0.4, 0.5) is 10.1 Å². The minimum Gasteiger partial charge on any atom is -0.465 e. The molecule has 9 heteroatoms. The normalized spacial score (nSPS) is 18.9. The first-order valence-electron chi connectivity index (χ1n) is 13.7. The molecule has 0 aromatic heterocycles. The summed E-state index contributed by atoms with van der Waals surface area (Å²) in [4.78, 5) is 40.7. The third-order valence-corrected chi connectivity index (χ3v) is 8.25. The molecule has 0 radical (unpaired) electrons. The maximum Gasteiger partial charge on any atom is 0.337 e. The number of nitrogens with one attached hydrogen (secondary N) is 1. The van der Waals surface area contributed by atoms with Gasteiger partial charge in [-0.15, -0.1) is 0 Å². The van der Waals surface area contributed by atoms with Crippen LogP contribution in [0, 0.1) is 23.1 Å². The summed E-state index contributed by atoms with van der Waals surface area (Å²) in [5, 5.41) is 12.5. The lowest BCUT2D eigenvalue weighted by Crippen LogP contribution is -2.37. The van der Waals surface area contributed by atoms with Crippen molar-refractivity contribution >= 4 is 40.6 Å². The Morgan fingerprint density at radius 2 is 1.95 bits per heavy atom. The maximum atomic E-state index is 15.0. The lowest BCUT2D eigenvalue weighted by atomic mass is 9.89. The largest absolute Gasteiger partial charge is 0.465 e. The zero-order chi connectivity index (χ0) is 30.0. The quantitative estimate of drug-likeness (QED) is 0.336. The minimum atomic E-state index is -0.709. The van der Waals surface area contributed by atoms with E-state index in [9.17, 15) is 24.0 Å². The van der Waals surface area contributed by atoms with Crippen molar-refractivity contribution in [3.63, 3.8) is 0 Å². The fraction of sp³-hybridized carbons (Fsp3) is 0.273. The first kappa shape index (κ1) is 29.0. The zero-order valence-electron chi connectivity index (χ0n) is 23.2. The monoisotopic (exact) mass is 585 g/mol. The molecule has 2 bridgehead atoms. The number of halogens is 2. The molecule has 0 saturated carbocycles. The molecule has 2 amide bonds. The first-order chi connectivity index (χ1) is 20.2. The lowest BCUT2D eigenvalue weighted by Gasteiger charge is -2.35. The Balaban J connectivity index is 1.56. The molecule has 2 heterocycles. The molecular weight excluding hydrogens is 557 g/mol. The summed E-state index contributed by atoms with van der Waals surface area (Å²) < 4.78 is 19.9. The Hall–Kier alpha value is -4.48. The maximum absolute atomic E-state index is 15.0. The summed E-state index contributed by atoms with van der Waals surface area (Å²) in [5.41, 5.74) is 3.88. The molecule has 0 saturated heterocycles. The van der Waals surface area contributed by atoms with Crippen LogP contribution in [0.5, 0.6) is 0 Å². The van der Waals surface area contributed by atoms with Gasteiger partial charge in [-0.1, -0.05) is 43.1 Å². The van der Waals surface area contributed by atoms with E-state index in [-0.39, 0.29) is 39.9 Å². The Morgan fingerprint density at radius 3 is 2.69 bits per heavy atom. The number of hydrogen-bond donors (Lipinski definition) is 1. The van der Waals surface area contributed by atoms with E-state index in [1.807, 2.05) is 37.3 Å². The van der Waals surface area contributed by atoms with Gasteiger partial charge >= 0.3 is 5.97 Å². The molecule has 2 aliphatic rings. The van der Waals surface area contributed by atoms with Crippen LogP contribution in [0.25, 0.3) is 16.7 Å². The highest BCUT2D eigenvalue weighted by molar-refractivity contribution is 6.31. The van der Waals surface area contributed by atoms with Crippen LogP contribution in [0.2, 0.25) is 5.02 Å². The van der Waals surface area contributed by atoms with Crippen molar-refractivity contribution < 1.29 is 23.5 Å². The molecule has 7 nitrogen and oxygen atoms in total. The third-order valence-electron chi connectivity index (χ3n) is 7.96. The summed E-state index contributed by atoms with van der Waals surface area (Å²) in [5.74, 6) is -1.90. The van der Waals surface area contributed by atoms with Crippen LogP contribution >= 0.6 is 11.6 Å². The van der Waals surface area contributed by atoms with Crippen LogP contribution in [0.3, 0.4) is 0 Å². The van der Waals surface area contributed by atoms with Gasteiger partial charge in [-0.25, -0.2) is 9.18 Å². The standard InChI is InChI=1S/C33H29ClFN3O4/c1-19-5-3-8-28(38-14-13-22(17-29(38)39)30-24(18-36)9-11-26(34)31(30)35)21-7-4-6-20(15-21)25-16-23(33(41)42-2)10-12-27(25)37-32(19)40/h4,6-7,9-12,15-17,19,28H,3,5,8,13-14H2,1-2H3,(H,37,40). The molecule has 0 fully saturated rings. The zero-order valence-corrected chi connectivity index (χ0v) is 24.0. The Bertz CT molecular complexity index is 1660. The number of hydrogen-bond acceptors (Lipinski definition) is 5. The van der Waals surface area contributed by atoms with Gasteiger partial charge in [0, 0.05) is 35.4 Å². The number of carbonyl (C=O) groups is 3. The number of benzene rings is 3. The van der Waals surface area contributed by atoms with Crippen molar-refractivity contribution in [1.29, 1.82) is 5.26 Å². The van der Waals surface area contributed by atoms with E-state index >= 15 is 0 Å². The number of rotatable bonds is 3. The number of esters is 1. The molecule has 3 aromatic carbocycles. The number of carbonyl (C=O) groups excluding carboxylic acids is 3. The van der Waals surface area contributed by atoms with Gasteiger partial charge in [0.1, 0.15) is 0 Å². The van der Waals surface area contributed by atoms with Crippen LogP contribution in [-0.2, 0) is 14.3 Å². The van der Waals surface area contributed by atoms with E-state index < -0.39 is 11.8 Å². The first-order valence-corrected chi connectivity index (χ1v) is 14.1. The number of anilines is 1. The van der Waals surface area contributed by atoms with Gasteiger partial charge in [0.25, 0.3) is 0 Å². The van der Waals surface area contributed by atoms with Crippen LogP contribution in [-0.4, -0.2) is 36.3 Å². The van der Waals surface area contributed by atoms with Crippen molar-refractivity contribution in [2.75, 3.05) is 19.0 Å². The topological polar surface area (TPSA) is 99.5 Å². The number of nitrogens with zero attached hydrogens (tertiary/aromatic N) is 2. The molecule has 2 atom stereocenters. The Labute approximate surface area is 248 Å². The average Bonchev–Trinajstić information content (AvgIpc) is 3.00. The van der Waals surface area contributed by atoms with E-state index in [0.29, 0.717) is 54.6 Å². The summed E-state index contributed by atoms with van der Waals surface area (Å²) in [6.07, 6.45) is 3.66. The van der Waals surface area contributed by atoms with Crippen molar-refractivity contribution in [2.45, 2.75) is 38.6 Å². The van der Waals surface area contributed by atoms with E-state index in [2.05, 4.69) is 5.32 Å². The lowest BCUT2D eigenvalue weighted by molar-refractivity contribution is -0.129. The van der Waals surface area contributed by atoms with E-state index in [1.54, 1.807) is 23.1 Å². The van der Waals surface area contributed by atoms with E-state index in [0.717, 1.165) is 11.1 Å². The number of ether oxygens (including phenoxy) is 1. The molecule has 42 heavy (non-hydrogen) atoms. The van der Waals surface area contributed by atoms with Crippen molar-refractivity contribution in [3.05, 3.63) is 93.8 Å². The molecule has 5 rings (SSSR count). The summed E-state index contributed by atoms with van der Waals surface area (Å²) in [6, 6.07) is 17.2. The molecule has 3 aromatic rings. The summed E-state index contributed by atoms with van der Waals surface area (Å²) in [6.45, 7) is 2.18. The summed E-state index contributed by atoms with van der Waals surface area (Å²) in [7, 11) is 1.31. The van der Waals surface area contributed by atoms with Crippen molar-refractivity contribution in [1.82, 2.24) is 4.90 Å². The average molecular weight is 586 g/mol. The van der Waals surface area contributed by atoms with E-state index in [4.69, 9.17) is 16.3 Å². The molecule has 1 N–H and O–H groups in total. The van der Waals surface area contributed by atoms with Crippen LogP contribution in [0.1, 0.15) is 65.7 Å². The highest BCUT2D eigenvalue weighted by Crippen LogP contribution is 2.38. The van der Waals surface area contributed by atoms with Gasteiger partial charge in [-0.05, 0) is 72.4 Å².